The lowest BCUT2D eigenvalue weighted by atomic mass is 10.00. The highest BCUT2D eigenvalue weighted by molar-refractivity contribution is 5.87. The summed E-state index contributed by atoms with van der Waals surface area (Å²) in [6, 6.07) is 15.0. The van der Waals surface area contributed by atoms with E-state index in [1.54, 1.807) is 13.4 Å². The van der Waals surface area contributed by atoms with Crippen LogP contribution in [0, 0.1) is 0 Å². The number of guanidine groups is 1. The number of hydrogen-bond acceptors (Lipinski definition) is 4. The molecule has 154 valence electrons. The monoisotopic (exact) mass is 394 g/mol. The van der Waals surface area contributed by atoms with Gasteiger partial charge in [0.15, 0.2) is 5.96 Å². The van der Waals surface area contributed by atoms with Crippen LogP contribution in [0.25, 0.3) is 10.8 Å². The lowest BCUT2D eigenvalue weighted by Crippen LogP contribution is -2.40. The summed E-state index contributed by atoms with van der Waals surface area (Å²) in [5.74, 6) is 1.76. The molecular formula is C22H30N6O. The summed E-state index contributed by atoms with van der Waals surface area (Å²) < 4.78 is 7.21. The Hall–Kier alpha value is -2.93. The third-order valence-electron chi connectivity index (χ3n) is 4.87. The average molecular weight is 395 g/mol. The van der Waals surface area contributed by atoms with Crippen LogP contribution in [0.15, 0.2) is 53.8 Å². The number of benzene rings is 2. The van der Waals surface area contributed by atoms with Crippen LogP contribution in [0.4, 0.5) is 0 Å². The molecule has 1 unspecified atom stereocenters. The fourth-order valence-electron chi connectivity index (χ4n) is 3.35. The lowest BCUT2D eigenvalue weighted by molar-refractivity contribution is 0.208. The van der Waals surface area contributed by atoms with E-state index < -0.39 is 0 Å². The molecule has 0 aliphatic heterocycles. The molecule has 0 saturated carbocycles. The maximum absolute atomic E-state index is 5.15. The topological polar surface area (TPSA) is 76.4 Å². The van der Waals surface area contributed by atoms with Gasteiger partial charge < -0.3 is 19.9 Å². The van der Waals surface area contributed by atoms with E-state index in [1.165, 1.54) is 16.3 Å². The summed E-state index contributed by atoms with van der Waals surface area (Å²) >= 11 is 0. The Bertz CT molecular complexity index is 930. The predicted molar refractivity (Wildman–Crippen MR) is 117 cm³/mol. The molecule has 1 heterocycles. The molecule has 0 spiro atoms. The fourth-order valence-corrected chi connectivity index (χ4v) is 3.35. The molecule has 3 rings (SSSR count). The minimum atomic E-state index is 0.107. The number of aromatic nitrogens is 3. The zero-order chi connectivity index (χ0) is 20.5. The largest absolute Gasteiger partial charge is 0.383 e. The Balaban J connectivity index is 1.68. The molecule has 2 N–H and O–H groups in total. The van der Waals surface area contributed by atoms with E-state index in [1.807, 2.05) is 0 Å². The Morgan fingerprint density at radius 2 is 2.03 bits per heavy atom. The van der Waals surface area contributed by atoms with Crippen molar-refractivity contribution in [2.75, 3.05) is 26.8 Å². The number of nitrogens with one attached hydrogen (secondary N) is 2. The Labute approximate surface area is 172 Å². The third kappa shape index (κ3) is 5.54. The number of ether oxygens (including phenoxy) is 1. The van der Waals surface area contributed by atoms with E-state index in [4.69, 9.17) is 4.74 Å². The average Bonchev–Trinajstić information content (AvgIpc) is 3.20. The van der Waals surface area contributed by atoms with Gasteiger partial charge in [-0.15, -0.1) is 10.2 Å². The molecule has 29 heavy (non-hydrogen) atoms. The Morgan fingerprint density at radius 3 is 2.86 bits per heavy atom. The molecule has 1 aromatic heterocycles. The van der Waals surface area contributed by atoms with Crippen molar-refractivity contribution in [3.8, 4) is 0 Å². The second kappa shape index (κ2) is 10.6. The number of aryl methyl sites for hydroxylation is 1. The van der Waals surface area contributed by atoms with E-state index >= 15 is 0 Å². The van der Waals surface area contributed by atoms with Gasteiger partial charge in [0.05, 0.1) is 19.2 Å². The highest BCUT2D eigenvalue weighted by atomic mass is 16.5. The van der Waals surface area contributed by atoms with E-state index in [9.17, 15) is 0 Å². The highest BCUT2D eigenvalue weighted by Crippen LogP contribution is 2.23. The van der Waals surface area contributed by atoms with Crippen molar-refractivity contribution in [2.45, 2.75) is 32.9 Å². The maximum Gasteiger partial charge on any atom is 0.191 e. The van der Waals surface area contributed by atoms with Crippen LogP contribution in [-0.4, -0.2) is 47.5 Å². The summed E-state index contributed by atoms with van der Waals surface area (Å²) in [6.45, 7) is 6.93. The van der Waals surface area contributed by atoms with Crippen molar-refractivity contribution in [3.05, 3.63) is 60.2 Å². The van der Waals surface area contributed by atoms with Gasteiger partial charge in [0.2, 0.25) is 0 Å². The zero-order valence-electron chi connectivity index (χ0n) is 17.4. The molecule has 0 aliphatic carbocycles. The van der Waals surface area contributed by atoms with Crippen molar-refractivity contribution in [3.63, 3.8) is 0 Å². The van der Waals surface area contributed by atoms with Gasteiger partial charge in [-0.1, -0.05) is 49.4 Å². The second-order valence-corrected chi connectivity index (χ2v) is 6.88. The smallest absolute Gasteiger partial charge is 0.191 e. The molecular weight excluding hydrogens is 364 g/mol. The van der Waals surface area contributed by atoms with Gasteiger partial charge in [-0.25, -0.2) is 0 Å². The number of aliphatic imine (C=N–C) groups is 1. The second-order valence-electron chi connectivity index (χ2n) is 6.88. The van der Waals surface area contributed by atoms with Gasteiger partial charge in [0.1, 0.15) is 12.2 Å². The van der Waals surface area contributed by atoms with Crippen molar-refractivity contribution in [1.29, 1.82) is 0 Å². The normalized spacial score (nSPS) is 12.9. The first-order valence-corrected chi connectivity index (χ1v) is 10.1. The van der Waals surface area contributed by atoms with Crippen molar-refractivity contribution in [1.82, 2.24) is 25.4 Å². The summed E-state index contributed by atoms with van der Waals surface area (Å²) in [6.07, 6.45) is 2.64. The first kappa shape index (κ1) is 20.8. The van der Waals surface area contributed by atoms with Crippen LogP contribution in [-0.2, 0) is 17.7 Å². The molecule has 0 fully saturated rings. The minimum absolute atomic E-state index is 0.107. The molecule has 0 bridgehead atoms. The minimum Gasteiger partial charge on any atom is -0.383 e. The van der Waals surface area contributed by atoms with E-state index in [-0.39, 0.29) is 6.04 Å². The van der Waals surface area contributed by atoms with Crippen molar-refractivity contribution >= 4 is 16.7 Å². The maximum atomic E-state index is 5.15. The van der Waals surface area contributed by atoms with Crippen LogP contribution in [0.1, 0.15) is 31.3 Å². The van der Waals surface area contributed by atoms with Gasteiger partial charge in [-0.3, -0.25) is 4.99 Å². The number of methoxy groups -OCH3 is 1. The Kier molecular flexibility index (Phi) is 7.58. The lowest BCUT2D eigenvalue weighted by Gasteiger charge is -2.20. The molecule has 2 aromatic carbocycles. The van der Waals surface area contributed by atoms with Crippen LogP contribution in [0.3, 0.4) is 0 Å². The molecule has 0 amide bonds. The molecule has 3 aromatic rings. The van der Waals surface area contributed by atoms with Crippen molar-refractivity contribution < 1.29 is 4.74 Å². The third-order valence-corrected chi connectivity index (χ3v) is 4.87. The fraction of sp³-hybridized carbons (Fsp3) is 0.409. The summed E-state index contributed by atoms with van der Waals surface area (Å²) in [5, 5.41) is 17.6. The van der Waals surface area contributed by atoms with Crippen LogP contribution in [0.2, 0.25) is 0 Å². The highest BCUT2D eigenvalue weighted by Gasteiger charge is 2.11. The van der Waals surface area contributed by atoms with Gasteiger partial charge in [0, 0.05) is 26.6 Å². The van der Waals surface area contributed by atoms with E-state index in [2.05, 4.69) is 86.7 Å². The van der Waals surface area contributed by atoms with Crippen LogP contribution < -0.4 is 10.6 Å². The van der Waals surface area contributed by atoms with Crippen LogP contribution in [0.5, 0.6) is 0 Å². The van der Waals surface area contributed by atoms with Gasteiger partial charge in [0.25, 0.3) is 0 Å². The number of hydrogen-bond donors (Lipinski definition) is 2. The summed E-state index contributed by atoms with van der Waals surface area (Å²) in [7, 11) is 1.69. The first-order valence-electron chi connectivity index (χ1n) is 10.1. The Morgan fingerprint density at radius 1 is 1.21 bits per heavy atom. The van der Waals surface area contributed by atoms with E-state index in [0.29, 0.717) is 13.2 Å². The molecule has 0 radical (unpaired) electrons. The van der Waals surface area contributed by atoms with Crippen LogP contribution >= 0.6 is 0 Å². The van der Waals surface area contributed by atoms with Gasteiger partial charge >= 0.3 is 0 Å². The first-order chi connectivity index (χ1) is 14.2. The zero-order valence-corrected chi connectivity index (χ0v) is 17.4. The van der Waals surface area contributed by atoms with Crippen molar-refractivity contribution in [2.24, 2.45) is 4.99 Å². The predicted octanol–water partition coefficient (Wildman–Crippen LogP) is 2.94. The standard InChI is InChI=1S/C22H30N6O/c1-4-21-27-25-16-28(21)14-12-23-22(24-13-15-29-3)26-17(2)19-11-7-9-18-8-5-6-10-20(18)19/h5-11,16-17H,4,12-15H2,1-3H3,(H2,23,24,26). The molecule has 7 nitrogen and oxygen atoms in total. The van der Waals surface area contributed by atoms with Gasteiger partial charge in [-0.2, -0.15) is 0 Å². The number of fused-ring (bicyclic) bond motifs is 1. The summed E-state index contributed by atoms with van der Waals surface area (Å²) in [4.78, 5) is 4.65. The quantitative estimate of drug-likeness (QED) is 0.332. The molecule has 1 atom stereocenters. The number of nitrogens with zero attached hydrogens (tertiary/aromatic N) is 4. The SMILES string of the molecule is CCc1nncn1CCNC(=NCCOC)NC(C)c1cccc2ccccc12. The number of rotatable bonds is 9. The molecule has 0 aliphatic rings. The summed E-state index contributed by atoms with van der Waals surface area (Å²) in [5.41, 5.74) is 1.25. The molecule has 7 heteroatoms. The van der Waals surface area contributed by atoms with Gasteiger partial charge in [-0.05, 0) is 23.3 Å². The van der Waals surface area contributed by atoms with E-state index in [0.717, 1.165) is 31.3 Å². The molecule has 0 saturated heterocycles.